The third-order valence-electron chi connectivity index (χ3n) is 5.21. The molecule has 9 heteroatoms. The molecule has 0 aliphatic carbocycles. The average molecular weight is 464 g/mol. The highest BCUT2D eigenvalue weighted by atomic mass is 32.1. The lowest BCUT2D eigenvalue weighted by atomic mass is 10.2. The monoisotopic (exact) mass is 464 g/mol. The minimum atomic E-state index is -0.360. The van der Waals surface area contributed by atoms with Crippen molar-refractivity contribution < 1.29 is 27.8 Å². The number of carbonyl (C=O) groups is 1. The van der Waals surface area contributed by atoms with Gasteiger partial charge in [0.15, 0.2) is 22.2 Å². The van der Waals surface area contributed by atoms with E-state index in [9.17, 15) is 4.79 Å². The SMILES string of the molecule is COc1ccc(OC)c2sc(N(Cc3ccco3)C(=O)c3cc4cccc(OC)c4o3)nc12. The summed E-state index contributed by atoms with van der Waals surface area (Å²) in [6.45, 7) is 0.171. The highest BCUT2D eigenvalue weighted by molar-refractivity contribution is 7.22. The van der Waals surface area contributed by atoms with Crippen molar-refractivity contribution in [2.45, 2.75) is 6.54 Å². The maximum atomic E-state index is 13.7. The fraction of sp³-hybridized carbons (Fsp3) is 0.167. The van der Waals surface area contributed by atoms with Gasteiger partial charge in [0.1, 0.15) is 27.5 Å². The summed E-state index contributed by atoms with van der Waals surface area (Å²) in [7, 11) is 4.73. The molecule has 1 amide bonds. The summed E-state index contributed by atoms with van der Waals surface area (Å²) in [6.07, 6.45) is 1.56. The van der Waals surface area contributed by atoms with Gasteiger partial charge in [-0.05, 0) is 36.4 Å². The topological polar surface area (TPSA) is 87.2 Å². The minimum absolute atomic E-state index is 0.166. The predicted octanol–water partition coefficient (Wildman–Crippen LogP) is 5.51. The third kappa shape index (κ3) is 3.66. The van der Waals surface area contributed by atoms with E-state index >= 15 is 0 Å². The summed E-state index contributed by atoms with van der Waals surface area (Å²) >= 11 is 1.33. The molecule has 0 saturated carbocycles. The Labute approximate surface area is 192 Å². The summed E-state index contributed by atoms with van der Waals surface area (Å²) < 4.78 is 28.5. The second-order valence-corrected chi connectivity index (χ2v) is 8.08. The van der Waals surface area contributed by atoms with Crippen molar-refractivity contribution in [1.82, 2.24) is 4.98 Å². The maximum absolute atomic E-state index is 13.7. The van der Waals surface area contributed by atoms with E-state index < -0.39 is 0 Å². The zero-order chi connectivity index (χ0) is 22.9. The van der Waals surface area contributed by atoms with Crippen LogP contribution in [0.25, 0.3) is 21.2 Å². The first-order chi connectivity index (χ1) is 16.1. The van der Waals surface area contributed by atoms with Gasteiger partial charge in [-0.2, -0.15) is 0 Å². The first kappa shape index (κ1) is 20.9. The molecule has 0 spiro atoms. The number of para-hydroxylation sites is 1. The van der Waals surface area contributed by atoms with Gasteiger partial charge in [-0.15, -0.1) is 0 Å². The Morgan fingerprint density at radius 2 is 1.79 bits per heavy atom. The Hall–Kier alpha value is -3.98. The number of ether oxygens (including phenoxy) is 3. The zero-order valence-corrected chi connectivity index (χ0v) is 19.0. The first-order valence-electron chi connectivity index (χ1n) is 10.0. The number of hydrogen-bond donors (Lipinski definition) is 0. The number of hydrogen-bond acceptors (Lipinski definition) is 8. The smallest absolute Gasteiger partial charge is 0.296 e. The van der Waals surface area contributed by atoms with Gasteiger partial charge in [-0.1, -0.05) is 23.5 Å². The van der Waals surface area contributed by atoms with Crippen LogP contribution in [0, 0.1) is 0 Å². The number of aromatic nitrogens is 1. The van der Waals surface area contributed by atoms with Gasteiger partial charge in [-0.25, -0.2) is 4.98 Å². The number of rotatable bonds is 7. The van der Waals surface area contributed by atoms with Crippen LogP contribution in [0.5, 0.6) is 17.2 Å². The van der Waals surface area contributed by atoms with E-state index in [0.29, 0.717) is 39.2 Å². The van der Waals surface area contributed by atoms with Crippen LogP contribution in [0.3, 0.4) is 0 Å². The molecular formula is C24H20N2O6S. The third-order valence-corrected chi connectivity index (χ3v) is 6.30. The molecule has 0 saturated heterocycles. The van der Waals surface area contributed by atoms with Crippen molar-refractivity contribution >= 4 is 43.6 Å². The van der Waals surface area contributed by atoms with Crippen molar-refractivity contribution in [1.29, 1.82) is 0 Å². The van der Waals surface area contributed by atoms with Crippen LogP contribution in [0.15, 0.2) is 63.6 Å². The Balaban J connectivity index is 1.63. The first-order valence-corrected chi connectivity index (χ1v) is 10.9. The van der Waals surface area contributed by atoms with Crippen molar-refractivity contribution in [3.63, 3.8) is 0 Å². The lowest BCUT2D eigenvalue weighted by Crippen LogP contribution is -2.29. The highest BCUT2D eigenvalue weighted by Crippen LogP contribution is 2.41. The average Bonchev–Trinajstić information content (AvgIpc) is 3.60. The minimum Gasteiger partial charge on any atom is -0.495 e. The molecule has 0 aliphatic rings. The number of benzene rings is 2. The maximum Gasteiger partial charge on any atom is 0.296 e. The number of methoxy groups -OCH3 is 3. The van der Waals surface area contributed by atoms with Gasteiger partial charge < -0.3 is 23.0 Å². The molecule has 5 aromatic rings. The fourth-order valence-corrected chi connectivity index (χ4v) is 4.68. The Bertz CT molecular complexity index is 1400. The molecule has 33 heavy (non-hydrogen) atoms. The van der Waals surface area contributed by atoms with Crippen LogP contribution in [-0.2, 0) is 6.54 Å². The Kier molecular flexibility index (Phi) is 5.39. The molecule has 0 N–H and O–H groups in total. The lowest BCUT2D eigenvalue weighted by Gasteiger charge is -2.17. The van der Waals surface area contributed by atoms with Crippen LogP contribution in [-0.4, -0.2) is 32.2 Å². The van der Waals surface area contributed by atoms with Crippen LogP contribution < -0.4 is 19.1 Å². The van der Waals surface area contributed by atoms with E-state index in [1.807, 2.05) is 18.2 Å². The molecule has 0 bridgehead atoms. The summed E-state index contributed by atoms with van der Waals surface area (Å²) in [5.74, 6) is 2.20. The van der Waals surface area contributed by atoms with Crippen LogP contribution >= 0.6 is 11.3 Å². The molecule has 0 unspecified atom stereocenters. The van der Waals surface area contributed by atoms with E-state index in [4.69, 9.17) is 28.0 Å². The molecule has 3 aromatic heterocycles. The molecule has 0 radical (unpaired) electrons. The molecule has 5 rings (SSSR count). The standard InChI is InChI=1S/C24H20N2O6S/c1-28-16-9-10-18(30-3)22-20(16)25-24(33-22)26(13-15-7-5-11-31-15)23(27)19-12-14-6-4-8-17(29-2)21(14)32-19/h4-12H,13H2,1-3H3. The summed E-state index contributed by atoms with van der Waals surface area (Å²) in [6, 6.07) is 14.4. The van der Waals surface area contributed by atoms with Gasteiger partial charge in [-0.3, -0.25) is 9.69 Å². The molecule has 0 fully saturated rings. The van der Waals surface area contributed by atoms with Gasteiger partial charge >= 0.3 is 0 Å². The summed E-state index contributed by atoms with van der Waals surface area (Å²) in [5, 5.41) is 1.23. The summed E-state index contributed by atoms with van der Waals surface area (Å²) in [5.41, 5.74) is 1.12. The number of thiazole rings is 1. The lowest BCUT2D eigenvalue weighted by molar-refractivity contribution is 0.0958. The van der Waals surface area contributed by atoms with Crippen molar-refractivity contribution in [2.24, 2.45) is 0 Å². The van der Waals surface area contributed by atoms with Gasteiger partial charge in [0.2, 0.25) is 0 Å². The Morgan fingerprint density at radius 1 is 1.00 bits per heavy atom. The molecule has 8 nitrogen and oxygen atoms in total. The number of amides is 1. The normalized spacial score (nSPS) is 11.1. The molecule has 0 aliphatic heterocycles. The largest absolute Gasteiger partial charge is 0.495 e. The fourth-order valence-electron chi connectivity index (χ4n) is 3.61. The van der Waals surface area contributed by atoms with E-state index in [-0.39, 0.29) is 18.2 Å². The van der Waals surface area contributed by atoms with Crippen LogP contribution in [0.2, 0.25) is 0 Å². The van der Waals surface area contributed by atoms with E-state index in [2.05, 4.69) is 0 Å². The van der Waals surface area contributed by atoms with E-state index in [0.717, 1.165) is 10.1 Å². The number of carbonyl (C=O) groups excluding carboxylic acids is 1. The zero-order valence-electron chi connectivity index (χ0n) is 18.2. The van der Waals surface area contributed by atoms with Crippen molar-refractivity contribution in [3.05, 3.63) is 66.3 Å². The van der Waals surface area contributed by atoms with E-state index in [1.54, 1.807) is 57.9 Å². The highest BCUT2D eigenvalue weighted by Gasteiger charge is 2.27. The second kappa shape index (κ2) is 8.51. The van der Waals surface area contributed by atoms with Crippen molar-refractivity contribution in [2.75, 3.05) is 26.2 Å². The molecule has 0 atom stereocenters. The molecule has 3 heterocycles. The molecular weight excluding hydrogens is 444 g/mol. The van der Waals surface area contributed by atoms with Crippen molar-refractivity contribution in [3.8, 4) is 17.2 Å². The Morgan fingerprint density at radius 3 is 2.52 bits per heavy atom. The number of anilines is 1. The molecule has 2 aromatic carbocycles. The van der Waals surface area contributed by atoms with Crippen LogP contribution in [0.4, 0.5) is 5.13 Å². The summed E-state index contributed by atoms with van der Waals surface area (Å²) in [4.78, 5) is 19.9. The van der Waals surface area contributed by atoms with Gasteiger partial charge in [0.05, 0.1) is 34.1 Å². The second-order valence-electron chi connectivity index (χ2n) is 7.10. The number of nitrogens with zero attached hydrogens (tertiary/aromatic N) is 2. The predicted molar refractivity (Wildman–Crippen MR) is 125 cm³/mol. The van der Waals surface area contributed by atoms with E-state index in [1.165, 1.54) is 16.2 Å². The van der Waals surface area contributed by atoms with Gasteiger partial charge in [0.25, 0.3) is 5.91 Å². The molecule has 168 valence electrons. The van der Waals surface area contributed by atoms with Gasteiger partial charge in [0, 0.05) is 5.39 Å². The quantitative estimate of drug-likeness (QED) is 0.314. The number of fused-ring (bicyclic) bond motifs is 2. The number of furan rings is 2. The van der Waals surface area contributed by atoms with Crippen LogP contribution in [0.1, 0.15) is 16.3 Å².